The molecule has 1 saturated carbocycles. The highest BCUT2D eigenvalue weighted by atomic mass is 16.5. The zero-order valence-corrected chi connectivity index (χ0v) is 15.5. The number of aromatic nitrogens is 4. The number of nitriles is 1. The third-order valence-electron chi connectivity index (χ3n) is 4.89. The fourth-order valence-corrected chi connectivity index (χ4v) is 3.24. The van der Waals surface area contributed by atoms with Crippen LogP contribution in [0.4, 0.5) is 0 Å². The Bertz CT molecular complexity index is 1230. The van der Waals surface area contributed by atoms with Crippen LogP contribution in [0.25, 0.3) is 17.3 Å². The highest BCUT2D eigenvalue weighted by Crippen LogP contribution is 2.51. The van der Waals surface area contributed by atoms with Gasteiger partial charge in [-0.3, -0.25) is 9.78 Å². The molecule has 0 spiro atoms. The molecule has 1 aromatic carbocycles. The molecule has 0 aliphatic heterocycles. The van der Waals surface area contributed by atoms with Crippen molar-refractivity contribution >= 4 is 6.08 Å². The summed E-state index contributed by atoms with van der Waals surface area (Å²) >= 11 is 0. The van der Waals surface area contributed by atoms with Gasteiger partial charge in [-0.25, -0.2) is 4.79 Å². The van der Waals surface area contributed by atoms with Crippen molar-refractivity contribution < 1.29 is 4.74 Å². The summed E-state index contributed by atoms with van der Waals surface area (Å²) in [7, 11) is 1.53. The topological polar surface area (TPSA) is 125 Å². The zero-order valence-electron chi connectivity index (χ0n) is 15.5. The molecule has 1 fully saturated rings. The minimum atomic E-state index is -0.573. The zero-order chi connectivity index (χ0) is 20.4. The van der Waals surface area contributed by atoms with Gasteiger partial charge in [0.1, 0.15) is 5.69 Å². The highest BCUT2D eigenvalue weighted by Gasteiger charge is 2.39. The van der Waals surface area contributed by atoms with E-state index in [-0.39, 0.29) is 11.5 Å². The fourth-order valence-electron chi connectivity index (χ4n) is 3.24. The van der Waals surface area contributed by atoms with Gasteiger partial charge in [0.05, 0.1) is 24.3 Å². The third-order valence-corrected chi connectivity index (χ3v) is 4.89. The Labute approximate surface area is 165 Å². The van der Waals surface area contributed by atoms with Crippen molar-refractivity contribution in [2.75, 3.05) is 7.11 Å². The molecular weight excluding hydrogens is 370 g/mol. The van der Waals surface area contributed by atoms with Crippen LogP contribution in [0.5, 0.6) is 5.88 Å². The maximum atomic E-state index is 12.1. The van der Waals surface area contributed by atoms with Crippen molar-refractivity contribution in [2.24, 2.45) is 5.92 Å². The Morgan fingerprint density at radius 1 is 1.24 bits per heavy atom. The lowest BCUT2D eigenvalue weighted by molar-refractivity contribution is 0.386. The van der Waals surface area contributed by atoms with Crippen molar-refractivity contribution in [1.82, 2.24) is 20.2 Å². The molecule has 1 aliphatic rings. The van der Waals surface area contributed by atoms with Gasteiger partial charge in [0.25, 0.3) is 5.56 Å². The molecule has 29 heavy (non-hydrogen) atoms. The summed E-state index contributed by atoms with van der Waals surface area (Å²) in [5, 5.41) is 17.0. The van der Waals surface area contributed by atoms with Gasteiger partial charge in [0.15, 0.2) is 0 Å². The van der Waals surface area contributed by atoms with E-state index in [2.05, 4.69) is 32.3 Å². The van der Waals surface area contributed by atoms with Crippen LogP contribution in [0.1, 0.15) is 29.0 Å². The van der Waals surface area contributed by atoms with Crippen LogP contribution in [0, 0.1) is 17.2 Å². The van der Waals surface area contributed by atoms with E-state index in [1.807, 2.05) is 18.2 Å². The molecule has 3 aromatic rings. The summed E-state index contributed by atoms with van der Waals surface area (Å²) in [6.07, 6.45) is 6.41. The molecule has 1 aliphatic carbocycles. The Balaban J connectivity index is 1.58. The Kier molecular flexibility index (Phi) is 4.79. The Morgan fingerprint density at radius 2 is 2.03 bits per heavy atom. The third kappa shape index (κ3) is 3.84. The van der Waals surface area contributed by atoms with Gasteiger partial charge in [-0.1, -0.05) is 24.3 Å². The molecule has 2 aromatic heterocycles. The maximum Gasteiger partial charge on any atom is 0.325 e. The molecule has 0 radical (unpaired) electrons. The number of hydrogen-bond donors (Lipinski definition) is 2. The number of nitrogens with one attached hydrogen (secondary N) is 2. The maximum absolute atomic E-state index is 12.1. The van der Waals surface area contributed by atoms with E-state index in [9.17, 15) is 9.59 Å². The van der Waals surface area contributed by atoms with E-state index >= 15 is 0 Å². The molecule has 2 atom stereocenters. The molecule has 144 valence electrons. The number of benzene rings is 1. The van der Waals surface area contributed by atoms with E-state index in [0.29, 0.717) is 23.1 Å². The molecule has 8 heteroatoms. The number of hydrogen-bond acceptors (Lipinski definition) is 6. The van der Waals surface area contributed by atoms with Crippen LogP contribution in [-0.4, -0.2) is 27.3 Å². The van der Waals surface area contributed by atoms with Crippen molar-refractivity contribution in [3.63, 3.8) is 0 Å². The van der Waals surface area contributed by atoms with Gasteiger partial charge in [-0.2, -0.15) is 5.26 Å². The van der Waals surface area contributed by atoms with E-state index < -0.39 is 11.2 Å². The predicted molar refractivity (Wildman–Crippen MR) is 106 cm³/mol. The first kappa shape index (κ1) is 18.4. The molecule has 0 saturated heterocycles. The van der Waals surface area contributed by atoms with Crippen LogP contribution >= 0.6 is 0 Å². The summed E-state index contributed by atoms with van der Waals surface area (Å²) in [4.78, 5) is 27.9. The van der Waals surface area contributed by atoms with Crippen LogP contribution in [0.15, 0.2) is 52.2 Å². The van der Waals surface area contributed by atoms with Gasteiger partial charge in [-0.15, -0.1) is 10.2 Å². The molecule has 0 bridgehead atoms. The molecule has 0 unspecified atom stereocenters. The first-order chi connectivity index (χ1) is 14.1. The van der Waals surface area contributed by atoms with E-state index in [4.69, 9.17) is 10.00 Å². The summed E-state index contributed by atoms with van der Waals surface area (Å²) < 4.78 is 5.35. The highest BCUT2D eigenvalue weighted by molar-refractivity contribution is 5.59. The number of rotatable bonds is 5. The first-order valence-electron chi connectivity index (χ1n) is 9.01. The van der Waals surface area contributed by atoms with Crippen LogP contribution in [0.3, 0.4) is 0 Å². The summed E-state index contributed by atoms with van der Waals surface area (Å²) in [5.74, 6) is 0.940. The van der Waals surface area contributed by atoms with Crippen molar-refractivity contribution in [1.29, 1.82) is 5.26 Å². The smallest absolute Gasteiger partial charge is 0.325 e. The minimum absolute atomic E-state index is 0.204. The van der Waals surface area contributed by atoms with Crippen LogP contribution in [0.2, 0.25) is 0 Å². The minimum Gasteiger partial charge on any atom is -0.480 e. The molecule has 0 amide bonds. The van der Waals surface area contributed by atoms with Gasteiger partial charge in [-0.05, 0) is 42.0 Å². The normalized spacial score (nSPS) is 17.8. The largest absolute Gasteiger partial charge is 0.480 e. The monoisotopic (exact) mass is 387 g/mol. The summed E-state index contributed by atoms with van der Waals surface area (Å²) in [5.41, 5.74) is 2.05. The number of methoxy groups -OCH3 is 1. The molecular formula is C21H17N5O3. The SMILES string of the molecule is COc1nnc(-c2c[nH]c(=O)[nH]c2=O)cc1[C@H]1C[C@@H]1/C=C/c1ccc(C#N)cc1. The van der Waals surface area contributed by atoms with Crippen LogP contribution < -0.4 is 16.0 Å². The molecule has 2 N–H and O–H groups in total. The Morgan fingerprint density at radius 3 is 2.72 bits per heavy atom. The van der Waals surface area contributed by atoms with Gasteiger partial charge < -0.3 is 9.72 Å². The second-order valence-electron chi connectivity index (χ2n) is 6.78. The predicted octanol–water partition coefficient (Wildman–Crippen LogP) is 2.22. The quantitative estimate of drug-likeness (QED) is 0.692. The number of H-pyrrole nitrogens is 2. The molecule has 4 rings (SSSR count). The van der Waals surface area contributed by atoms with E-state index in [0.717, 1.165) is 17.5 Å². The fraction of sp³-hybridized carbons (Fsp3) is 0.190. The summed E-state index contributed by atoms with van der Waals surface area (Å²) in [6, 6.07) is 11.3. The second-order valence-corrected chi connectivity index (χ2v) is 6.78. The van der Waals surface area contributed by atoms with Gasteiger partial charge in [0, 0.05) is 11.8 Å². The lowest BCUT2D eigenvalue weighted by Gasteiger charge is -2.07. The van der Waals surface area contributed by atoms with Crippen molar-refractivity contribution in [3.8, 4) is 23.2 Å². The lowest BCUT2D eigenvalue weighted by atomic mass is 10.1. The van der Waals surface area contributed by atoms with Gasteiger partial charge in [0.2, 0.25) is 5.88 Å². The van der Waals surface area contributed by atoms with E-state index in [1.165, 1.54) is 13.3 Å². The number of ether oxygens (including phenoxy) is 1. The second kappa shape index (κ2) is 7.56. The lowest BCUT2D eigenvalue weighted by Crippen LogP contribution is -2.23. The number of allylic oxidation sites excluding steroid dienone is 1. The van der Waals surface area contributed by atoms with Crippen molar-refractivity contribution in [3.05, 3.63) is 80.1 Å². The Hall–Kier alpha value is -3.99. The average Bonchev–Trinajstić information content (AvgIpc) is 3.52. The van der Waals surface area contributed by atoms with Gasteiger partial charge >= 0.3 is 5.69 Å². The number of nitrogens with zero attached hydrogens (tertiary/aromatic N) is 3. The van der Waals surface area contributed by atoms with E-state index in [1.54, 1.807) is 18.2 Å². The standard InChI is InChI=1S/C21H17N5O3/c1-29-20-16(9-18(25-26-20)17-11-23-21(28)24-19(17)27)15-8-14(15)7-6-12-2-4-13(10-22)5-3-12/h2-7,9,11,14-15H,8H2,1H3,(H2,23,24,27,28)/b7-6+/t14-,15-/m0/s1. The summed E-state index contributed by atoms with van der Waals surface area (Å²) in [6.45, 7) is 0. The first-order valence-corrected chi connectivity index (χ1v) is 9.01. The van der Waals surface area contributed by atoms with Crippen LogP contribution in [-0.2, 0) is 0 Å². The van der Waals surface area contributed by atoms with Crippen molar-refractivity contribution in [2.45, 2.75) is 12.3 Å². The molecule has 8 nitrogen and oxygen atoms in total. The molecule has 2 heterocycles. The number of aromatic amines is 2. The average molecular weight is 387 g/mol.